The second kappa shape index (κ2) is 16.6. The van der Waals surface area contributed by atoms with Gasteiger partial charge in [0.05, 0.1) is 25.9 Å². The number of hydrogen-bond acceptors (Lipinski definition) is 10. The Morgan fingerprint density at radius 3 is 2.21 bits per heavy atom. The van der Waals surface area contributed by atoms with Gasteiger partial charge >= 0.3 is 24.1 Å². The van der Waals surface area contributed by atoms with Crippen molar-refractivity contribution in [3.8, 4) is 6.07 Å². The van der Waals surface area contributed by atoms with E-state index in [1.165, 1.54) is 27.8 Å². The molecule has 14 nitrogen and oxygen atoms in total. The zero-order valence-electron chi connectivity index (χ0n) is 21.8. The van der Waals surface area contributed by atoms with E-state index >= 15 is 0 Å². The molecule has 0 saturated heterocycles. The van der Waals surface area contributed by atoms with Crippen LogP contribution in [0.3, 0.4) is 0 Å². The van der Waals surface area contributed by atoms with Crippen LogP contribution in [0.2, 0.25) is 0 Å². The number of ether oxygens (including phenoxy) is 3. The fourth-order valence-electron chi connectivity index (χ4n) is 2.54. The zero-order valence-corrected chi connectivity index (χ0v) is 21.8. The molecular formula is C24H30N8O6. The van der Waals surface area contributed by atoms with E-state index in [2.05, 4.69) is 30.0 Å². The Morgan fingerprint density at radius 1 is 1.03 bits per heavy atom. The van der Waals surface area contributed by atoms with Crippen LogP contribution in [-0.2, 0) is 14.2 Å². The van der Waals surface area contributed by atoms with Crippen molar-refractivity contribution in [2.45, 2.75) is 46.8 Å². The molecular weight excluding hydrogens is 496 g/mol. The molecule has 3 rings (SSSR count). The quantitative estimate of drug-likeness (QED) is 0.261. The van der Waals surface area contributed by atoms with Crippen LogP contribution in [0, 0.1) is 17.9 Å². The highest BCUT2D eigenvalue weighted by molar-refractivity contribution is 5.88. The van der Waals surface area contributed by atoms with Crippen LogP contribution in [0.5, 0.6) is 0 Å². The van der Waals surface area contributed by atoms with Gasteiger partial charge < -0.3 is 14.2 Å². The zero-order chi connectivity index (χ0) is 28.5. The molecule has 3 aromatic heterocycles. The van der Waals surface area contributed by atoms with E-state index < -0.39 is 24.1 Å². The van der Waals surface area contributed by atoms with Crippen LogP contribution in [-0.4, -0.2) is 67.5 Å². The minimum Gasteiger partial charge on any atom is -0.461 e. The number of nitriles is 1. The fourth-order valence-corrected chi connectivity index (χ4v) is 2.54. The van der Waals surface area contributed by atoms with Gasteiger partial charge in [-0.25, -0.2) is 25.6 Å². The van der Waals surface area contributed by atoms with Crippen molar-refractivity contribution in [1.82, 2.24) is 29.8 Å². The summed E-state index contributed by atoms with van der Waals surface area (Å²) in [6, 6.07) is 6.17. The molecule has 0 saturated carbocycles. The number of esters is 3. The van der Waals surface area contributed by atoms with Gasteiger partial charge in [-0.05, 0) is 45.9 Å². The monoisotopic (exact) mass is 526 g/mol. The number of H-pyrrole nitrogens is 1. The number of aromatic amines is 1. The predicted octanol–water partition coefficient (Wildman–Crippen LogP) is 3.23. The number of hydrogen-bond donors (Lipinski definition) is 1. The number of nitrogens with one attached hydrogen (secondary N) is 1. The maximum atomic E-state index is 11.4. The Hall–Kier alpha value is -4.98. The SMILES string of the molecule is CCOC(=O)c1ccn[nH]1.CCOC(=O)c1ccnn1C(C)C#N.[C-]#[N+]C(C)n1ccc(C(=O)OCC)n1. The third-order valence-electron chi connectivity index (χ3n) is 4.37. The van der Waals surface area contributed by atoms with Crippen LogP contribution in [0.4, 0.5) is 0 Å². The van der Waals surface area contributed by atoms with E-state index in [0.29, 0.717) is 31.2 Å². The van der Waals surface area contributed by atoms with Crippen LogP contribution < -0.4 is 0 Å². The van der Waals surface area contributed by atoms with E-state index in [1.54, 1.807) is 52.9 Å². The molecule has 2 atom stereocenters. The molecule has 38 heavy (non-hydrogen) atoms. The van der Waals surface area contributed by atoms with Gasteiger partial charge in [0.25, 0.3) is 0 Å². The predicted molar refractivity (Wildman–Crippen MR) is 133 cm³/mol. The van der Waals surface area contributed by atoms with E-state index in [1.807, 2.05) is 6.07 Å². The van der Waals surface area contributed by atoms with Crippen LogP contribution >= 0.6 is 0 Å². The van der Waals surface area contributed by atoms with Gasteiger partial charge in [-0.3, -0.25) is 9.94 Å². The molecule has 0 bridgehead atoms. The summed E-state index contributed by atoms with van der Waals surface area (Å²) in [5, 5.41) is 22.6. The van der Waals surface area contributed by atoms with Crippen LogP contribution in [0.15, 0.2) is 36.8 Å². The number of carbonyl (C=O) groups excluding carboxylic acids is 3. The van der Waals surface area contributed by atoms with Gasteiger partial charge in [0.1, 0.15) is 17.4 Å². The third kappa shape index (κ3) is 9.58. The Bertz CT molecular complexity index is 1240. The lowest BCUT2D eigenvalue weighted by molar-refractivity contribution is 0.0503. The van der Waals surface area contributed by atoms with Gasteiger partial charge in [-0.1, -0.05) is 0 Å². The van der Waals surface area contributed by atoms with Gasteiger partial charge in [-0.2, -0.15) is 25.2 Å². The van der Waals surface area contributed by atoms with Crippen molar-refractivity contribution in [3.05, 3.63) is 65.3 Å². The molecule has 0 aromatic carbocycles. The summed E-state index contributed by atoms with van der Waals surface area (Å²) in [6.45, 7) is 16.4. The first-order chi connectivity index (χ1) is 18.2. The molecule has 0 amide bonds. The van der Waals surface area contributed by atoms with E-state index in [-0.39, 0.29) is 11.7 Å². The Balaban J connectivity index is 0.000000290. The molecule has 3 heterocycles. The number of rotatable bonds is 8. The van der Waals surface area contributed by atoms with Crippen molar-refractivity contribution in [2.24, 2.45) is 0 Å². The van der Waals surface area contributed by atoms with Gasteiger partial charge in [-0.15, -0.1) is 0 Å². The molecule has 2 unspecified atom stereocenters. The second-order valence-corrected chi connectivity index (χ2v) is 7.04. The maximum absolute atomic E-state index is 11.4. The van der Waals surface area contributed by atoms with Gasteiger partial charge in [0.2, 0.25) is 0 Å². The molecule has 202 valence electrons. The number of carbonyl (C=O) groups is 3. The molecule has 0 aliphatic rings. The Morgan fingerprint density at radius 2 is 1.66 bits per heavy atom. The summed E-state index contributed by atoms with van der Waals surface area (Å²) in [5.41, 5.74) is 0.935. The van der Waals surface area contributed by atoms with E-state index in [9.17, 15) is 14.4 Å². The molecule has 14 heteroatoms. The summed E-state index contributed by atoms with van der Waals surface area (Å²) in [5.74, 6) is -1.27. The van der Waals surface area contributed by atoms with Crippen molar-refractivity contribution in [1.29, 1.82) is 5.26 Å². The van der Waals surface area contributed by atoms with Gasteiger partial charge in [0.15, 0.2) is 5.69 Å². The summed E-state index contributed by atoms with van der Waals surface area (Å²) >= 11 is 0. The normalized spacial score (nSPS) is 11.1. The van der Waals surface area contributed by atoms with E-state index in [0.717, 1.165) is 0 Å². The standard InChI is InChI=1S/2C9H11N3O2.C6H8N2O2/c1-4-14-9(13)8-5-6-12(11-8)7(2)10-3;1-3-14-9(13)8-4-5-11-12(8)7(2)6-10;1-2-10-6(9)5-3-4-7-8-5/h5-7H,4H2,1-2H3;4-5,7H,3H2,1-2H3;3-4H,2H2,1H3,(H,7,8). The molecule has 0 aliphatic heterocycles. The minimum absolute atomic E-state index is 0.238. The average Bonchev–Trinajstić information content (AvgIpc) is 3.71. The maximum Gasteiger partial charge on any atom is 0.358 e. The first-order valence-corrected chi connectivity index (χ1v) is 11.6. The largest absolute Gasteiger partial charge is 0.461 e. The second-order valence-electron chi connectivity index (χ2n) is 7.04. The number of aromatic nitrogens is 6. The Kier molecular flexibility index (Phi) is 13.6. The van der Waals surface area contributed by atoms with Gasteiger partial charge in [0, 0.05) is 25.5 Å². The highest BCUT2D eigenvalue weighted by Gasteiger charge is 2.16. The fraction of sp³-hybridized carbons (Fsp3) is 0.417. The molecule has 3 aromatic rings. The highest BCUT2D eigenvalue weighted by atomic mass is 16.5. The lowest BCUT2D eigenvalue weighted by Gasteiger charge is -2.07. The van der Waals surface area contributed by atoms with Crippen molar-refractivity contribution in [2.75, 3.05) is 19.8 Å². The van der Waals surface area contributed by atoms with Crippen molar-refractivity contribution in [3.63, 3.8) is 0 Å². The number of nitrogens with zero attached hydrogens (tertiary/aromatic N) is 7. The topological polar surface area (TPSA) is 171 Å². The molecule has 0 spiro atoms. The molecule has 0 aliphatic carbocycles. The Labute approximate surface area is 219 Å². The molecule has 0 radical (unpaired) electrons. The molecule has 1 N–H and O–H groups in total. The highest BCUT2D eigenvalue weighted by Crippen LogP contribution is 2.09. The summed E-state index contributed by atoms with van der Waals surface area (Å²) in [7, 11) is 0. The first kappa shape index (κ1) is 31.1. The van der Waals surface area contributed by atoms with E-state index in [4.69, 9.17) is 21.3 Å². The summed E-state index contributed by atoms with van der Waals surface area (Å²) in [4.78, 5) is 36.6. The third-order valence-corrected chi connectivity index (χ3v) is 4.37. The van der Waals surface area contributed by atoms with Crippen LogP contribution in [0.25, 0.3) is 4.85 Å². The average molecular weight is 527 g/mol. The lowest BCUT2D eigenvalue weighted by atomic mass is 10.3. The first-order valence-electron chi connectivity index (χ1n) is 11.6. The van der Waals surface area contributed by atoms with Crippen molar-refractivity contribution >= 4 is 17.9 Å². The molecule has 0 fully saturated rings. The smallest absolute Gasteiger partial charge is 0.358 e. The lowest BCUT2D eigenvalue weighted by Crippen LogP contribution is -2.15. The summed E-state index contributed by atoms with van der Waals surface area (Å²) in [6.07, 6.45) is 4.18. The van der Waals surface area contributed by atoms with Crippen LogP contribution in [0.1, 0.15) is 78.3 Å². The van der Waals surface area contributed by atoms with Crippen molar-refractivity contribution < 1.29 is 28.6 Å². The summed E-state index contributed by atoms with van der Waals surface area (Å²) < 4.78 is 17.0. The minimum atomic E-state index is -0.468.